The molecule has 0 aliphatic heterocycles. The minimum absolute atomic E-state index is 0.408. The van der Waals surface area contributed by atoms with E-state index in [4.69, 9.17) is 5.11 Å². The minimum atomic E-state index is -4.63. The maximum atomic E-state index is 12.2. The number of halogens is 3. The Kier molecular flexibility index (Phi) is 6.68. The Morgan fingerprint density at radius 2 is 2.04 bits per heavy atom. The van der Waals surface area contributed by atoms with Gasteiger partial charge in [0.1, 0.15) is 11.3 Å². The standard InChI is InChI=1S/C13H13F3N2O7/c1-24-10(12(20)21)5-17-11(19)8-4-7(25-6-13(14,15)16)2-3-9(8)18(22)23/h2-4,10H,5-6H2,1H3,(H,17,19)(H,20,21). The highest BCUT2D eigenvalue weighted by molar-refractivity contribution is 5.98. The quantitative estimate of drug-likeness (QED) is 0.525. The summed E-state index contributed by atoms with van der Waals surface area (Å²) >= 11 is 0. The molecule has 25 heavy (non-hydrogen) atoms. The molecular weight excluding hydrogens is 353 g/mol. The van der Waals surface area contributed by atoms with Crippen LogP contribution >= 0.6 is 0 Å². The first-order valence-corrected chi connectivity index (χ1v) is 6.57. The average Bonchev–Trinajstić information content (AvgIpc) is 2.51. The van der Waals surface area contributed by atoms with Crippen LogP contribution in [0.5, 0.6) is 5.75 Å². The molecule has 0 aromatic heterocycles. The number of nitro groups is 1. The van der Waals surface area contributed by atoms with E-state index in [9.17, 15) is 32.9 Å². The minimum Gasteiger partial charge on any atom is -0.484 e. The van der Waals surface area contributed by atoms with Crippen molar-refractivity contribution in [3.63, 3.8) is 0 Å². The lowest BCUT2D eigenvalue weighted by Crippen LogP contribution is -2.38. The molecule has 0 aliphatic rings. The third-order valence-electron chi connectivity index (χ3n) is 2.82. The normalized spacial score (nSPS) is 12.3. The van der Waals surface area contributed by atoms with Crippen LogP contribution in [0.2, 0.25) is 0 Å². The van der Waals surface area contributed by atoms with Crippen molar-refractivity contribution in [3.05, 3.63) is 33.9 Å². The zero-order valence-corrected chi connectivity index (χ0v) is 12.7. The van der Waals surface area contributed by atoms with Gasteiger partial charge < -0.3 is 19.9 Å². The summed E-state index contributed by atoms with van der Waals surface area (Å²) < 4.78 is 45.5. The van der Waals surface area contributed by atoms with E-state index in [0.29, 0.717) is 0 Å². The Morgan fingerprint density at radius 3 is 2.52 bits per heavy atom. The van der Waals surface area contributed by atoms with Crippen molar-refractivity contribution >= 4 is 17.6 Å². The zero-order chi connectivity index (χ0) is 19.2. The fraction of sp³-hybridized carbons (Fsp3) is 0.385. The summed E-state index contributed by atoms with van der Waals surface area (Å²) in [6, 6.07) is 2.49. The molecule has 0 fully saturated rings. The summed E-state index contributed by atoms with van der Waals surface area (Å²) in [5.41, 5.74) is -1.26. The number of carboxylic acids is 1. The van der Waals surface area contributed by atoms with Gasteiger partial charge in [-0.25, -0.2) is 4.79 Å². The van der Waals surface area contributed by atoms with Crippen molar-refractivity contribution in [1.82, 2.24) is 5.32 Å². The molecule has 138 valence electrons. The highest BCUT2D eigenvalue weighted by Crippen LogP contribution is 2.25. The Bertz CT molecular complexity index is 664. The van der Waals surface area contributed by atoms with Gasteiger partial charge >= 0.3 is 12.1 Å². The molecule has 12 heteroatoms. The van der Waals surface area contributed by atoms with Gasteiger partial charge in [0.15, 0.2) is 12.7 Å². The molecule has 9 nitrogen and oxygen atoms in total. The Balaban J connectivity index is 2.98. The molecule has 1 aromatic carbocycles. The van der Waals surface area contributed by atoms with E-state index >= 15 is 0 Å². The second-order valence-electron chi connectivity index (χ2n) is 4.61. The number of aliphatic carboxylic acids is 1. The molecule has 2 N–H and O–H groups in total. The lowest BCUT2D eigenvalue weighted by atomic mass is 10.1. The van der Waals surface area contributed by atoms with Crippen molar-refractivity contribution in [2.45, 2.75) is 12.3 Å². The number of nitrogens with zero attached hydrogens (tertiary/aromatic N) is 1. The number of ether oxygens (including phenoxy) is 2. The van der Waals surface area contributed by atoms with Crippen molar-refractivity contribution in [2.75, 3.05) is 20.3 Å². The Morgan fingerprint density at radius 1 is 1.40 bits per heavy atom. The van der Waals surface area contributed by atoms with Crippen molar-refractivity contribution < 1.29 is 42.3 Å². The van der Waals surface area contributed by atoms with E-state index in [1.54, 1.807) is 0 Å². The van der Waals surface area contributed by atoms with Crippen molar-refractivity contribution in [3.8, 4) is 5.75 Å². The Hall–Kier alpha value is -2.89. The molecule has 0 spiro atoms. The van der Waals surface area contributed by atoms with E-state index in [1.807, 2.05) is 0 Å². The fourth-order valence-electron chi connectivity index (χ4n) is 1.66. The number of amides is 1. The number of carbonyl (C=O) groups is 2. The summed E-state index contributed by atoms with van der Waals surface area (Å²) in [6.07, 6.45) is -6.02. The van der Waals surface area contributed by atoms with Gasteiger partial charge in [0.25, 0.3) is 11.6 Å². The lowest BCUT2D eigenvalue weighted by Gasteiger charge is -2.13. The number of carbonyl (C=O) groups excluding carboxylic acids is 1. The second-order valence-corrected chi connectivity index (χ2v) is 4.61. The van der Waals surface area contributed by atoms with Gasteiger partial charge in [-0.2, -0.15) is 13.2 Å². The molecule has 0 saturated heterocycles. The van der Waals surface area contributed by atoms with Gasteiger partial charge in [0.05, 0.1) is 11.5 Å². The van der Waals surface area contributed by atoms with Gasteiger partial charge in [-0.05, 0) is 12.1 Å². The largest absolute Gasteiger partial charge is 0.484 e. The smallest absolute Gasteiger partial charge is 0.422 e. The molecule has 1 rings (SSSR count). The predicted molar refractivity (Wildman–Crippen MR) is 75.4 cm³/mol. The highest BCUT2D eigenvalue weighted by atomic mass is 19.4. The molecule has 1 atom stereocenters. The molecule has 0 aliphatic carbocycles. The van der Waals surface area contributed by atoms with Crippen LogP contribution in [0.25, 0.3) is 0 Å². The summed E-state index contributed by atoms with van der Waals surface area (Å²) in [4.78, 5) is 32.8. The number of nitro benzene ring substituents is 1. The molecule has 1 amide bonds. The van der Waals surface area contributed by atoms with Gasteiger partial charge in [-0.3, -0.25) is 14.9 Å². The van der Waals surface area contributed by atoms with E-state index in [1.165, 1.54) is 0 Å². The number of hydrogen-bond donors (Lipinski definition) is 2. The SMILES string of the molecule is COC(CNC(=O)c1cc(OCC(F)(F)F)ccc1[N+](=O)[O-])C(=O)O. The van der Waals surface area contributed by atoms with Gasteiger partial charge in [-0.1, -0.05) is 0 Å². The van der Waals surface area contributed by atoms with Crippen LogP contribution in [0.15, 0.2) is 18.2 Å². The summed E-state index contributed by atoms with van der Waals surface area (Å²) in [5, 5.41) is 21.8. The number of benzene rings is 1. The number of hydrogen-bond acceptors (Lipinski definition) is 6. The third kappa shape index (κ3) is 6.25. The number of carboxylic acid groups (broad SMARTS) is 1. The maximum Gasteiger partial charge on any atom is 0.422 e. The molecule has 1 aromatic rings. The van der Waals surface area contributed by atoms with E-state index < -0.39 is 59.2 Å². The molecule has 0 heterocycles. The zero-order valence-electron chi connectivity index (χ0n) is 12.7. The number of alkyl halides is 3. The Labute approximate surface area is 138 Å². The lowest BCUT2D eigenvalue weighted by molar-refractivity contribution is -0.385. The van der Waals surface area contributed by atoms with Crippen LogP contribution in [0.3, 0.4) is 0 Å². The van der Waals surface area contributed by atoms with Gasteiger partial charge in [0.2, 0.25) is 0 Å². The van der Waals surface area contributed by atoms with E-state index in [2.05, 4.69) is 14.8 Å². The molecule has 0 radical (unpaired) electrons. The number of nitrogens with one attached hydrogen (secondary N) is 1. The van der Waals surface area contributed by atoms with E-state index in [0.717, 1.165) is 25.3 Å². The van der Waals surface area contributed by atoms with E-state index in [-0.39, 0.29) is 0 Å². The first-order chi connectivity index (χ1) is 11.5. The molecule has 0 bridgehead atoms. The van der Waals surface area contributed by atoms with Gasteiger partial charge in [-0.15, -0.1) is 0 Å². The second kappa shape index (κ2) is 8.28. The van der Waals surface area contributed by atoms with Crippen molar-refractivity contribution in [2.24, 2.45) is 0 Å². The topological polar surface area (TPSA) is 128 Å². The first-order valence-electron chi connectivity index (χ1n) is 6.57. The molecular formula is C13H13F3N2O7. The first kappa shape index (κ1) is 20.2. The van der Waals surface area contributed by atoms with Gasteiger partial charge in [0, 0.05) is 13.2 Å². The van der Waals surface area contributed by atoms with Crippen LogP contribution < -0.4 is 10.1 Å². The number of rotatable bonds is 8. The van der Waals surface area contributed by atoms with Crippen LogP contribution in [0.1, 0.15) is 10.4 Å². The third-order valence-corrected chi connectivity index (χ3v) is 2.82. The maximum absolute atomic E-state index is 12.2. The fourth-order valence-corrected chi connectivity index (χ4v) is 1.66. The van der Waals surface area contributed by atoms with Crippen LogP contribution in [0.4, 0.5) is 18.9 Å². The van der Waals surface area contributed by atoms with Crippen LogP contribution in [0, 0.1) is 10.1 Å². The number of methoxy groups -OCH3 is 1. The van der Waals surface area contributed by atoms with Crippen molar-refractivity contribution in [1.29, 1.82) is 0 Å². The van der Waals surface area contributed by atoms with Crippen LogP contribution in [-0.4, -0.2) is 54.4 Å². The monoisotopic (exact) mass is 366 g/mol. The molecule has 1 unspecified atom stereocenters. The highest BCUT2D eigenvalue weighted by Gasteiger charge is 2.29. The summed E-state index contributed by atoms with van der Waals surface area (Å²) in [7, 11) is 1.08. The molecule has 0 saturated carbocycles. The van der Waals surface area contributed by atoms with Crippen LogP contribution in [-0.2, 0) is 9.53 Å². The average molecular weight is 366 g/mol. The summed E-state index contributed by atoms with van der Waals surface area (Å²) in [6.45, 7) is -2.15. The summed E-state index contributed by atoms with van der Waals surface area (Å²) in [5.74, 6) is -2.85. The predicted octanol–water partition coefficient (Wildman–Crippen LogP) is 1.37.